The monoisotopic (exact) mass is 305 g/mol. The van der Waals surface area contributed by atoms with Gasteiger partial charge in [0.1, 0.15) is 6.33 Å². The first kappa shape index (κ1) is 14.4. The van der Waals surface area contributed by atoms with Crippen LogP contribution in [0.2, 0.25) is 5.02 Å². The van der Waals surface area contributed by atoms with E-state index in [4.69, 9.17) is 11.6 Å². The van der Waals surface area contributed by atoms with Crippen molar-refractivity contribution < 1.29 is 0 Å². The molecule has 0 fully saturated rings. The van der Waals surface area contributed by atoms with Crippen molar-refractivity contribution in [3.8, 4) is 0 Å². The molecule has 0 radical (unpaired) electrons. The van der Waals surface area contributed by atoms with E-state index < -0.39 is 0 Å². The van der Waals surface area contributed by atoms with Crippen LogP contribution >= 0.6 is 11.6 Å². The lowest BCUT2D eigenvalue weighted by Gasteiger charge is -2.31. The minimum Gasteiger partial charge on any atom is -0.362 e. The Hall–Kier alpha value is -1.59. The highest BCUT2D eigenvalue weighted by Crippen LogP contribution is 2.27. The van der Waals surface area contributed by atoms with Gasteiger partial charge in [0.05, 0.1) is 6.54 Å². The molecule has 0 saturated heterocycles. The molecule has 1 N–H and O–H groups in total. The number of halogens is 1. The normalized spacial score (nSPS) is 14.6. The van der Waals surface area contributed by atoms with E-state index >= 15 is 0 Å². The van der Waals surface area contributed by atoms with Crippen LogP contribution in [0.4, 0.5) is 5.69 Å². The van der Waals surface area contributed by atoms with Crippen LogP contribution in [0.5, 0.6) is 0 Å². The Morgan fingerprint density at radius 3 is 3.00 bits per heavy atom. The lowest BCUT2D eigenvalue weighted by molar-refractivity contribution is 0.553. The molecule has 0 aliphatic carbocycles. The van der Waals surface area contributed by atoms with Gasteiger partial charge in [0, 0.05) is 36.4 Å². The molecule has 1 aromatic carbocycles. The molecule has 1 aromatic heterocycles. The molecule has 2 heterocycles. The predicted octanol–water partition coefficient (Wildman–Crippen LogP) is 2.45. The lowest BCUT2D eigenvalue weighted by Crippen LogP contribution is -2.34. The summed E-state index contributed by atoms with van der Waals surface area (Å²) in [5, 5.41) is 12.4. The summed E-state index contributed by atoms with van der Waals surface area (Å²) < 4.78 is 2.11. The summed E-state index contributed by atoms with van der Waals surface area (Å²) in [6.45, 7) is 7.78. The Kier molecular flexibility index (Phi) is 4.12. The molecule has 0 bridgehead atoms. The number of anilines is 1. The van der Waals surface area contributed by atoms with Gasteiger partial charge in [-0.2, -0.15) is 0 Å². The minimum absolute atomic E-state index is 0.446. The molecule has 5 nitrogen and oxygen atoms in total. The summed E-state index contributed by atoms with van der Waals surface area (Å²) in [5.41, 5.74) is 2.45. The van der Waals surface area contributed by atoms with Gasteiger partial charge < -0.3 is 14.8 Å². The zero-order valence-electron chi connectivity index (χ0n) is 12.4. The average molecular weight is 306 g/mol. The molecule has 112 valence electrons. The van der Waals surface area contributed by atoms with Gasteiger partial charge in [-0.15, -0.1) is 10.2 Å². The Labute approximate surface area is 129 Å². The van der Waals surface area contributed by atoms with E-state index in [0.717, 1.165) is 37.0 Å². The Bertz CT molecular complexity index is 622. The molecule has 21 heavy (non-hydrogen) atoms. The summed E-state index contributed by atoms with van der Waals surface area (Å²) >= 11 is 6.16. The standard InChI is InChI=1S/C15H20ClN5/c1-11(2)17-8-12-7-13(16)3-4-14(12)20-5-6-21-10-18-19-15(21)9-20/h3-4,7,10-11,17H,5-6,8-9H2,1-2H3. The summed E-state index contributed by atoms with van der Waals surface area (Å²) in [6, 6.07) is 6.55. The maximum atomic E-state index is 6.16. The van der Waals surface area contributed by atoms with Gasteiger partial charge in [-0.3, -0.25) is 0 Å². The van der Waals surface area contributed by atoms with E-state index in [-0.39, 0.29) is 0 Å². The van der Waals surface area contributed by atoms with Crippen LogP contribution in [0.3, 0.4) is 0 Å². The minimum atomic E-state index is 0.446. The number of hydrogen-bond acceptors (Lipinski definition) is 4. The van der Waals surface area contributed by atoms with Gasteiger partial charge in [-0.05, 0) is 23.8 Å². The van der Waals surface area contributed by atoms with Gasteiger partial charge in [-0.1, -0.05) is 25.4 Å². The van der Waals surface area contributed by atoms with E-state index in [2.05, 4.69) is 44.9 Å². The van der Waals surface area contributed by atoms with Crippen molar-refractivity contribution in [1.29, 1.82) is 0 Å². The first-order valence-electron chi connectivity index (χ1n) is 7.27. The number of fused-ring (bicyclic) bond motifs is 1. The van der Waals surface area contributed by atoms with Crippen LogP contribution < -0.4 is 10.2 Å². The first-order valence-corrected chi connectivity index (χ1v) is 7.64. The Morgan fingerprint density at radius 2 is 2.19 bits per heavy atom. The van der Waals surface area contributed by atoms with E-state index in [9.17, 15) is 0 Å². The third-order valence-electron chi connectivity index (χ3n) is 3.72. The summed E-state index contributed by atoms with van der Waals surface area (Å²) in [7, 11) is 0. The Morgan fingerprint density at radius 1 is 1.33 bits per heavy atom. The summed E-state index contributed by atoms with van der Waals surface area (Å²) in [6.07, 6.45) is 1.80. The third kappa shape index (κ3) is 3.19. The number of aromatic nitrogens is 3. The molecular weight excluding hydrogens is 286 g/mol. The molecular formula is C15H20ClN5. The number of hydrogen-bond donors (Lipinski definition) is 1. The number of nitrogens with zero attached hydrogens (tertiary/aromatic N) is 4. The number of nitrogens with one attached hydrogen (secondary N) is 1. The number of benzene rings is 1. The Balaban J connectivity index is 1.84. The second-order valence-electron chi connectivity index (χ2n) is 5.67. The highest BCUT2D eigenvalue weighted by atomic mass is 35.5. The van der Waals surface area contributed by atoms with Crippen molar-refractivity contribution >= 4 is 17.3 Å². The fraction of sp³-hybridized carbons (Fsp3) is 0.467. The third-order valence-corrected chi connectivity index (χ3v) is 3.96. The molecule has 0 spiro atoms. The fourth-order valence-corrected chi connectivity index (χ4v) is 2.78. The SMILES string of the molecule is CC(C)NCc1cc(Cl)ccc1N1CCn2cnnc2C1. The molecule has 0 unspecified atom stereocenters. The van der Waals surface area contributed by atoms with Gasteiger partial charge in [0.2, 0.25) is 0 Å². The van der Waals surface area contributed by atoms with E-state index in [1.807, 2.05) is 12.1 Å². The second kappa shape index (κ2) is 6.03. The van der Waals surface area contributed by atoms with Crippen LogP contribution in [0, 0.1) is 0 Å². The van der Waals surface area contributed by atoms with Crippen molar-refractivity contribution in [2.45, 2.75) is 39.5 Å². The summed E-state index contributed by atoms with van der Waals surface area (Å²) in [5.74, 6) is 1.01. The largest absolute Gasteiger partial charge is 0.362 e. The predicted molar refractivity (Wildman–Crippen MR) is 84.5 cm³/mol. The van der Waals surface area contributed by atoms with E-state index in [1.54, 1.807) is 6.33 Å². The van der Waals surface area contributed by atoms with Crippen LogP contribution in [-0.2, 0) is 19.6 Å². The molecule has 2 aromatic rings. The van der Waals surface area contributed by atoms with Crippen LogP contribution in [0.15, 0.2) is 24.5 Å². The fourth-order valence-electron chi connectivity index (χ4n) is 2.59. The first-order chi connectivity index (χ1) is 10.1. The maximum absolute atomic E-state index is 6.16. The van der Waals surface area contributed by atoms with Crippen LogP contribution in [0.1, 0.15) is 25.2 Å². The van der Waals surface area contributed by atoms with Crippen LogP contribution in [-0.4, -0.2) is 27.4 Å². The molecule has 1 aliphatic heterocycles. The van der Waals surface area contributed by atoms with Crippen molar-refractivity contribution in [1.82, 2.24) is 20.1 Å². The zero-order valence-corrected chi connectivity index (χ0v) is 13.1. The lowest BCUT2D eigenvalue weighted by atomic mass is 10.1. The van der Waals surface area contributed by atoms with Gasteiger partial charge >= 0.3 is 0 Å². The second-order valence-corrected chi connectivity index (χ2v) is 6.11. The highest BCUT2D eigenvalue weighted by molar-refractivity contribution is 6.30. The van der Waals surface area contributed by atoms with Crippen molar-refractivity contribution in [2.75, 3.05) is 11.4 Å². The quantitative estimate of drug-likeness (QED) is 0.942. The van der Waals surface area contributed by atoms with Crippen molar-refractivity contribution in [2.24, 2.45) is 0 Å². The zero-order chi connectivity index (χ0) is 14.8. The molecule has 3 rings (SSSR count). The molecule has 0 amide bonds. The maximum Gasteiger partial charge on any atom is 0.152 e. The topological polar surface area (TPSA) is 46.0 Å². The number of rotatable bonds is 4. The van der Waals surface area contributed by atoms with E-state index in [1.165, 1.54) is 11.3 Å². The van der Waals surface area contributed by atoms with Gasteiger partial charge in [-0.25, -0.2) is 0 Å². The van der Waals surface area contributed by atoms with E-state index in [0.29, 0.717) is 6.04 Å². The summed E-state index contributed by atoms with van der Waals surface area (Å²) in [4.78, 5) is 2.34. The molecule has 1 aliphatic rings. The smallest absolute Gasteiger partial charge is 0.152 e. The highest BCUT2D eigenvalue weighted by Gasteiger charge is 2.20. The van der Waals surface area contributed by atoms with Crippen molar-refractivity contribution in [3.63, 3.8) is 0 Å². The molecule has 6 heteroatoms. The van der Waals surface area contributed by atoms with Crippen LogP contribution in [0.25, 0.3) is 0 Å². The van der Waals surface area contributed by atoms with Gasteiger partial charge in [0.15, 0.2) is 5.82 Å². The van der Waals surface area contributed by atoms with Crippen molar-refractivity contribution in [3.05, 3.63) is 40.9 Å². The van der Waals surface area contributed by atoms with Gasteiger partial charge in [0.25, 0.3) is 0 Å². The molecule has 0 atom stereocenters. The molecule has 0 saturated carbocycles. The average Bonchev–Trinajstić information content (AvgIpc) is 2.92.